The van der Waals surface area contributed by atoms with E-state index in [4.69, 9.17) is 4.74 Å². The lowest BCUT2D eigenvalue weighted by molar-refractivity contribution is 0.118. The molecular formula is C15H22N2O. The minimum absolute atomic E-state index is 0.336. The van der Waals surface area contributed by atoms with Crippen LogP contribution in [0.2, 0.25) is 0 Å². The predicted octanol–water partition coefficient (Wildman–Crippen LogP) is 1.95. The highest BCUT2D eigenvalue weighted by molar-refractivity contribution is 5.58. The van der Waals surface area contributed by atoms with Crippen LogP contribution in [0.5, 0.6) is 0 Å². The summed E-state index contributed by atoms with van der Waals surface area (Å²) in [7, 11) is 2.21. The van der Waals surface area contributed by atoms with E-state index in [1.165, 1.54) is 16.8 Å². The van der Waals surface area contributed by atoms with E-state index in [9.17, 15) is 0 Å². The van der Waals surface area contributed by atoms with Crippen molar-refractivity contribution in [1.82, 2.24) is 5.32 Å². The van der Waals surface area contributed by atoms with E-state index in [1.807, 2.05) is 0 Å². The summed E-state index contributed by atoms with van der Waals surface area (Å²) in [6.45, 7) is 5.17. The highest BCUT2D eigenvalue weighted by Crippen LogP contribution is 2.30. The van der Waals surface area contributed by atoms with Crippen molar-refractivity contribution in [2.75, 3.05) is 25.1 Å². The Labute approximate surface area is 109 Å². The third-order valence-corrected chi connectivity index (χ3v) is 4.33. The van der Waals surface area contributed by atoms with Crippen molar-refractivity contribution >= 4 is 5.69 Å². The lowest BCUT2D eigenvalue weighted by Crippen LogP contribution is -2.38. The number of benzene rings is 1. The summed E-state index contributed by atoms with van der Waals surface area (Å²) in [5, 5.41) is 3.48. The lowest BCUT2D eigenvalue weighted by atomic mass is 9.97. The summed E-state index contributed by atoms with van der Waals surface area (Å²) in [6, 6.07) is 7.22. The van der Waals surface area contributed by atoms with Crippen LogP contribution in [0.3, 0.4) is 0 Å². The summed E-state index contributed by atoms with van der Waals surface area (Å²) in [5.41, 5.74) is 4.36. The quantitative estimate of drug-likeness (QED) is 0.863. The molecule has 98 valence electrons. The Bertz CT molecular complexity index is 433. The molecule has 1 aromatic carbocycles. The molecule has 0 bridgehead atoms. The van der Waals surface area contributed by atoms with Gasteiger partial charge in [-0.15, -0.1) is 0 Å². The molecule has 2 unspecified atom stereocenters. The summed E-state index contributed by atoms with van der Waals surface area (Å²) in [4.78, 5) is 2.42. The molecule has 0 radical (unpaired) electrons. The molecule has 0 amide bonds. The second kappa shape index (κ2) is 4.90. The second-order valence-corrected chi connectivity index (χ2v) is 5.38. The first kappa shape index (κ1) is 12.0. The molecule has 0 spiro atoms. The molecular weight excluding hydrogens is 224 g/mol. The molecule has 0 saturated carbocycles. The predicted molar refractivity (Wildman–Crippen MR) is 74.1 cm³/mol. The number of likely N-dealkylation sites (N-methyl/N-ethyl adjacent to an activating group) is 1. The second-order valence-electron chi connectivity index (χ2n) is 5.38. The van der Waals surface area contributed by atoms with E-state index < -0.39 is 0 Å². The Kier molecular flexibility index (Phi) is 3.27. The third kappa shape index (κ3) is 2.02. The van der Waals surface area contributed by atoms with Gasteiger partial charge in [-0.05, 0) is 43.5 Å². The van der Waals surface area contributed by atoms with Gasteiger partial charge in [-0.3, -0.25) is 0 Å². The maximum atomic E-state index is 5.69. The Balaban J connectivity index is 1.91. The molecule has 2 heterocycles. The Hall–Kier alpha value is -1.06. The van der Waals surface area contributed by atoms with Crippen LogP contribution in [0, 0.1) is 0 Å². The number of nitrogens with one attached hydrogen (secondary N) is 1. The van der Waals surface area contributed by atoms with Crippen LogP contribution >= 0.6 is 0 Å². The van der Waals surface area contributed by atoms with Crippen molar-refractivity contribution in [2.45, 2.75) is 38.5 Å². The fraction of sp³-hybridized carbons (Fsp3) is 0.600. The summed E-state index contributed by atoms with van der Waals surface area (Å²) in [6.07, 6.45) is 2.62. The molecule has 2 aliphatic heterocycles. The van der Waals surface area contributed by atoms with Crippen molar-refractivity contribution < 1.29 is 4.74 Å². The molecule has 18 heavy (non-hydrogen) atoms. The topological polar surface area (TPSA) is 24.5 Å². The van der Waals surface area contributed by atoms with Gasteiger partial charge in [-0.1, -0.05) is 12.1 Å². The molecule has 2 atom stereocenters. The van der Waals surface area contributed by atoms with Crippen molar-refractivity contribution in [1.29, 1.82) is 0 Å². The SMILES string of the molecule is CC1OCCC1N(C)c1cccc2c1CNCC2. The van der Waals surface area contributed by atoms with E-state index in [-0.39, 0.29) is 0 Å². The Morgan fingerprint density at radius 2 is 2.28 bits per heavy atom. The van der Waals surface area contributed by atoms with Crippen molar-refractivity contribution in [3.63, 3.8) is 0 Å². The number of fused-ring (bicyclic) bond motifs is 1. The molecule has 0 aliphatic carbocycles. The number of rotatable bonds is 2. The van der Waals surface area contributed by atoms with Crippen molar-refractivity contribution in [2.24, 2.45) is 0 Å². The van der Waals surface area contributed by atoms with Crippen LogP contribution in [0.4, 0.5) is 5.69 Å². The minimum atomic E-state index is 0.336. The van der Waals surface area contributed by atoms with Gasteiger partial charge in [0.05, 0.1) is 12.1 Å². The van der Waals surface area contributed by atoms with Crippen LogP contribution < -0.4 is 10.2 Å². The molecule has 0 aromatic heterocycles. The van der Waals surface area contributed by atoms with Gasteiger partial charge in [0.25, 0.3) is 0 Å². The number of hydrogen-bond acceptors (Lipinski definition) is 3. The summed E-state index contributed by atoms with van der Waals surface area (Å²) in [5.74, 6) is 0. The molecule has 3 rings (SSSR count). The zero-order chi connectivity index (χ0) is 12.5. The number of ether oxygens (including phenoxy) is 1. The first-order valence-corrected chi connectivity index (χ1v) is 6.93. The van der Waals surface area contributed by atoms with E-state index in [0.717, 1.165) is 32.5 Å². The van der Waals surface area contributed by atoms with E-state index in [0.29, 0.717) is 12.1 Å². The lowest BCUT2D eigenvalue weighted by Gasteiger charge is -2.32. The average Bonchev–Trinajstić information content (AvgIpc) is 2.83. The van der Waals surface area contributed by atoms with Crippen molar-refractivity contribution in [3.8, 4) is 0 Å². The average molecular weight is 246 g/mol. The van der Waals surface area contributed by atoms with Crippen molar-refractivity contribution in [3.05, 3.63) is 29.3 Å². The Morgan fingerprint density at radius 3 is 3.06 bits per heavy atom. The van der Waals surface area contributed by atoms with Gasteiger partial charge < -0.3 is 15.0 Å². The maximum absolute atomic E-state index is 5.69. The van der Waals surface area contributed by atoms with Gasteiger partial charge in [0, 0.05) is 25.9 Å². The zero-order valence-corrected chi connectivity index (χ0v) is 11.3. The van der Waals surface area contributed by atoms with Crippen LogP contribution in [0.15, 0.2) is 18.2 Å². The van der Waals surface area contributed by atoms with Gasteiger partial charge in [-0.2, -0.15) is 0 Å². The Morgan fingerprint density at radius 1 is 1.39 bits per heavy atom. The van der Waals surface area contributed by atoms with Gasteiger partial charge in [-0.25, -0.2) is 0 Å². The molecule has 1 N–H and O–H groups in total. The first-order chi connectivity index (χ1) is 8.77. The molecule has 3 nitrogen and oxygen atoms in total. The number of nitrogens with zero attached hydrogens (tertiary/aromatic N) is 1. The summed E-state index contributed by atoms with van der Waals surface area (Å²) >= 11 is 0. The van der Waals surface area contributed by atoms with E-state index in [1.54, 1.807) is 0 Å². The molecule has 2 aliphatic rings. The smallest absolute Gasteiger partial charge is 0.0750 e. The van der Waals surface area contributed by atoms with Gasteiger partial charge in [0.2, 0.25) is 0 Å². The van der Waals surface area contributed by atoms with Crippen LogP contribution in [0.1, 0.15) is 24.5 Å². The number of hydrogen-bond donors (Lipinski definition) is 1. The van der Waals surface area contributed by atoms with Gasteiger partial charge in [0.1, 0.15) is 0 Å². The highest BCUT2D eigenvalue weighted by atomic mass is 16.5. The van der Waals surface area contributed by atoms with Crippen LogP contribution in [-0.4, -0.2) is 32.3 Å². The normalized spacial score (nSPS) is 27.0. The van der Waals surface area contributed by atoms with Crippen LogP contribution in [-0.2, 0) is 17.7 Å². The highest BCUT2D eigenvalue weighted by Gasteiger charge is 2.29. The van der Waals surface area contributed by atoms with E-state index >= 15 is 0 Å². The van der Waals surface area contributed by atoms with Gasteiger partial charge in [0.15, 0.2) is 0 Å². The van der Waals surface area contributed by atoms with E-state index in [2.05, 4.69) is 42.4 Å². The fourth-order valence-corrected chi connectivity index (χ4v) is 3.23. The largest absolute Gasteiger partial charge is 0.376 e. The standard InChI is InChI=1S/C15H22N2O/c1-11-14(7-9-18-11)17(2)15-5-3-4-12-6-8-16-10-13(12)15/h3-5,11,14,16H,6-10H2,1-2H3. The summed E-state index contributed by atoms with van der Waals surface area (Å²) < 4.78 is 5.69. The first-order valence-electron chi connectivity index (χ1n) is 6.93. The molecule has 1 fully saturated rings. The van der Waals surface area contributed by atoms with Gasteiger partial charge >= 0.3 is 0 Å². The molecule has 1 aromatic rings. The van der Waals surface area contributed by atoms with Crippen LogP contribution in [0.25, 0.3) is 0 Å². The fourth-order valence-electron chi connectivity index (χ4n) is 3.23. The minimum Gasteiger partial charge on any atom is -0.376 e. The zero-order valence-electron chi connectivity index (χ0n) is 11.3. The molecule has 1 saturated heterocycles. The maximum Gasteiger partial charge on any atom is 0.0750 e. The third-order valence-electron chi connectivity index (χ3n) is 4.33. The monoisotopic (exact) mass is 246 g/mol. The molecule has 3 heteroatoms. The number of anilines is 1.